The van der Waals surface area contributed by atoms with Crippen molar-refractivity contribution in [1.82, 2.24) is 4.90 Å². The number of amides is 1. The molecule has 1 aliphatic rings. The van der Waals surface area contributed by atoms with E-state index in [1.807, 2.05) is 20.8 Å². The minimum absolute atomic E-state index is 0.0903. The Hall–Kier alpha value is -0.860. The fourth-order valence-electron chi connectivity index (χ4n) is 0.862. The van der Waals surface area contributed by atoms with Gasteiger partial charge in [-0.2, -0.15) is 0 Å². The van der Waals surface area contributed by atoms with Crippen LogP contribution >= 0.6 is 0 Å². The highest BCUT2D eigenvalue weighted by atomic mass is 16.2. The Bertz CT molecular complexity index is 175. The standard InChI is InChI=1S/C6H10N2O.C2H6/c1-4-6(9)8(3)5(2)7-4;1-2/h4H,1-3H3;1-2H3. The number of hydrogen-bond acceptors (Lipinski definition) is 2. The van der Waals surface area contributed by atoms with Crippen molar-refractivity contribution >= 4 is 11.7 Å². The molecule has 1 unspecified atom stereocenters. The van der Waals surface area contributed by atoms with Crippen molar-refractivity contribution < 1.29 is 4.79 Å². The van der Waals surface area contributed by atoms with Gasteiger partial charge >= 0.3 is 0 Å². The van der Waals surface area contributed by atoms with E-state index >= 15 is 0 Å². The molecule has 0 saturated heterocycles. The molecule has 1 amide bonds. The maximum atomic E-state index is 10.9. The molecule has 0 aromatic rings. The fraction of sp³-hybridized carbons (Fsp3) is 0.750. The molecular formula is C8H16N2O. The number of rotatable bonds is 0. The number of carbonyl (C=O) groups is 1. The summed E-state index contributed by atoms with van der Waals surface area (Å²) in [6.07, 6.45) is 0. The largest absolute Gasteiger partial charge is 0.302 e. The Morgan fingerprint density at radius 1 is 1.45 bits per heavy atom. The zero-order valence-corrected chi connectivity index (χ0v) is 7.88. The predicted molar refractivity (Wildman–Crippen MR) is 46.7 cm³/mol. The van der Waals surface area contributed by atoms with Crippen molar-refractivity contribution in [3.05, 3.63) is 0 Å². The van der Waals surface area contributed by atoms with Crippen molar-refractivity contribution in [2.45, 2.75) is 33.7 Å². The van der Waals surface area contributed by atoms with Crippen molar-refractivity contribution in [2.24, 2.45) is 4.99 Å². The number of amidine groups is 1. The van der Waals surface area contributed by atoms with Gasteiger partial charge in [0.1, 0.15) is 11.9 Å². The van der Waals surface area contributed by atoms with E-state index in [2.05, 4.69) is 4.99 Å². The molecule has 0 bridgehead atoms. The summed E-state index contributed by atoms with van der Waals surface area (Å²) >= 11 is 0. The lowest BCUT2D eigenvalue weighted by Gasteiger charge is -2.06. The molecular weight excluding hydrogens is 140 g/mol. The molecule has 1 atom stereocenters. The van der Waals surface area contributed by atoms with Crippen LogP contribution in [0.1, 0.15) is 27.7 Å². The van der Waals surface area contributed by atoms with E-state index in [0.29, 0.717) is 0 Å². The van der Waals surface area contributed by atoms with E-state index in [0.717, 1.165) is 5.84 Å². The van der Waals surface area contributed by atoms with E-state index < -0.39 is 0 Å². The molecule has 0 radical (unpaired) electrons. The summed E-state index contributed by atoms with van der Waals surface area (Å²) in [7, 11) is 1.74. The topological polar surface area (TPSA) is 32.7 Å². The Balaban J connectivity index is 0.000000461. The SMILES string of the molecule is CC.CC1=NC(C)C(=O)N1C. The summed E-state index contributed by atoms with van der Waals surface area (Å²) in [6, 6.07) is -0.157. The first-order valence-corrected chi connectivity index (χ1v) is 3.95. The first-order chi connectivity index (χ1) is 5.13. The second-order valence-electron chi connectivity index (χ2n) is 2.25. The molecule has 0 spiro atoms. The summed E-state index contributed by atoms with van der Waals surface area (Å²) in [4.78, 5) is 16.5. The second kappa shape index (κ2) is 4.11. The maximum absolute atomic E-state index is 10.9. The summed E-state index contributed by atoms with van der Waals surface area (Å²) < 4.78 is 0. The van der Waals surface area contributed by atoms with Crippen molar-refractivity contribution in [2.75, 3.05) is 7.05 Å². The first kappa shape index (κ1) is 10.1. The van der Waals surface area contributed by atoms with E-state index in [1.54, 1.807) is 18.9 Å². The minimum Gasteiger partial charge on any atom is -0.302 e. The zero-order chi connectivity index (χ0) is 9.02. The molecule has 3 nitrogen and oxygen atoms in total. The molecule has 64 valence electrons. The van der Waals surface area contributed by atoms with Crippen LogP contribution in [0.5, 0.6) is 0 Å². The van der Waals surface area contributed by atoms with Crippen molar-refractivity contribution in [1.29, 1.82) is 0 Å². The Morgan fingerprint density at radius 3 is 2.00 bits per heavy atom. The normalized spacial score (nSPS) is 22.6. The quantitative estimate of drug-likeness (QED) is 0.520. The van der Waals surface area contributed by atoms with Gasteiger partial charge < -0.3 is 4.90 Å². The monoisotopic (exact) mass is 156 g/mol. The summed E-state index contributed by atoms with van der Waals surface area (Å²) in [6.45, 7) is 7.64. The van der Waals surface area contributed by atoms with Crippen LogP contribution in [0.4, 0.5) is 0 Å². The van der Waals surface area contributed by atoms with Crippen LogP contribution in [-0.4, -0.2) is 29.7 Å². The summed E-state index contributed by atoms with van der Waals surface area (Å²) in [5.74, 6) is 0.903. The fourth-order valence-corrected chi connectivity index (χ4v) is 0.862. The highest BCUT2D eigenvalue weighted by Gasteiger charge is 2.24. The lowest BCUT2D eigenvalue weighted by atomic mass is 10.3. The third-order valence-electron chi connectivity index (χ3n) is 1.55. The number of likely N-dealkylation sites (N-methyl/N-ethyl adjacent to an activating group) is 1. The molecule has 1 heterocycles. The summed E-state index contributed by atoms with van der Waals surface area (Å²) in [5, 5.41) is 0. The maximum Gasteiger partial charge on any atom is 0.252 e. The second-order valence-corrected chi connectivity index (χ2v) is 2.25. The Morgan fingerprint density at radius 2 is 1.91 bits per heavy atom. The van der Waals surface area contributed by atoms with Crippen LogP contribution in [0.2, 0.25) is 0 Å². The Kier molecular flexibility index (Phi) is 3.79. The number of aliphatic imine (C=N–C) groups is 1. The van der Waals surface area contributed by atoms with Gasteiger partial charge in [0.15, 0.2) is 0 Å². The summed E-state index contributed by atoms with van der Waals surface area (Å²) in [5.41, 5.74) is 0. The lowest BCUT2D eigenvalue weighted by Crippen LogP contribution is -2.28. The average molecular weight is 156 g/mol. The molecule has 1 aliphatic heterocycles. The van der Waals surface area contributed by atoms with Gasteiger partial charge in [0.05, 0.1) is 0 Å². The van der Waals surface area contributed by atoms with Crippen LogP contribution in [0.25, 0.3) is 0 Å². The highest BCUT2D eigenvalue weighted by molar-refractivity contribution is 6.04. The highest BCUT2D eigenvalue weighted by Crippen LogP contribution is 2.06. The van der Waals surface area contributed by atoms with E-state index in [4.69, 9.17) is 0 Å². The molecule has 0 fully saturated rings. The van der Waals surface area contributed by atoms with Crippen molar-refractivity contribution in [3.63, 3.8) is 0 Å². The zero-order valence-electron chi connectivity index (χ0n) is 7.88. The van der Waals surface area contributed by atoms with Crippen LogP contribution in [0.15, 0.2) is 4.99 Å². The number of carbonyl (C=O) groups excluding carboxylic acids is 1. The molecule has 0 aromatic heterocycles. The minimum atomic E-state index is -0.157. The molecule has 0 aromatic carbocycles. The number of hydrogen-bond donors (Lipinski definition) is 0. The average Bonchev–Trinajstić information content (AvgIpc) is 2.22. The van der Waals surface area contributed by atoms with E-state index in [-0.39, 0.29) is 11.9 Å². The van der Waals surface area contributed by atoms with E-state index in [1.165, 1.54) is 0 Å². The van der Waals surface area contributed by atoms with Crippen LogP contribution in [-0.2, 0) is 4.79 Å². The van der Waals surface area contributed by atoms with Gasteiger partial charge in [0.2, 0.25) is 0 Å². The predicted octanol–water partition coefficient (Wildman–Crippen LogP) is 1.29. The molecule has 0 saturated carbocycles. The lowest BCUT2D eigenvalue weighted by molar-refractivity contribution is -0.126. The molecule has 11 heavy (non-hydrogen) atoms. The van der Waals surface area contributed by atoms with Gasteiger partial charge in [-0.1, -0.05) is 13.8 Å². The van der Waals surface area contributed by atoms with Crippen LogP contribution in [0.3, 0.4) is 0 Å². The smallest absolute Gasteiger partial charge is 0.252 e. The van der Waals surface area contributed by atoms with Gasteiger partial charge in [-0.15, -0.1) is 0 Å². The molecule has 3 heteroatoms. The van der Waals surface area contributed by atoms with Crippen molar-refractivity contribution in [3.8, 4) is 0 Å². The van der Waals surface area contributed by atoms with Gasteiger partial charge in [0, 0.05) is 7.05 Å². The van der Waals surface area contributed by atoms with Gasteiger partial charge in [-0.05, 0) is 13.8 Å². The van der Waals surface area contributed by atoms with Crippen LogP contribution in [0, 0.1) is 0 Å². The van der Waals surface area contributed by atoms with Crippen LogP contribution < -0.4 is 0 Å². The molecule has 0 N–H and O–H groups in total. The van der Waals surface area contributed by atoms with E-state index in [9.17, 15) is 4.79 Å². The molecule has 1 rings (SSSR count). The Labute approximate surface area is 68.1 Å². The van der Waals surface area contributed by atoms with Gasteiger partial charge in [-0.25, -0.2) is 0 Å². The third-order valence-corrected chi connectivity index (χ3v) is 1.55. The van der Waals surface area contributed by atoms with Gasteiger partial charge in [-0.3, -0.25) is 9.79 Å². The number of nitrogens with zero attached hydrogens (tertiary/aromatic N) is 2. The third kappa shape index (κ3) is 2.03. The van der Waals surface area contributed by atoms with Gasteiger partial charge in [0.25, 0.3) is 5.91 Å². The molecule has 0 aliphatic carbocycles. The first-order valence-electron chi connectivity index (χ1n) is 3.95.